The summed E-state index contributed by atoms with van der Waals surface area (Å²) in [6, 6.07) is -4.38. The molecule has 0 radical (unpaired) electrons. The van der Waals surface area contributed by atoms with E-state index in [1.807, 2.05) is 0 Å². The Kier molecular flexibility index (Phi) is 13.8. The molecule has 0 saturated carbocycles. The Morgan fingerprint density at radius 3 is 2.11 bits per heavy atom. The van der Waals surface area contributed by atoms with E-state index in [0.717, 1.165) is 6.42 Å². The number of hydrogen-bond donors (Lipinski definition) is 9. The fourth-order valence-electron chi connectivity index (χ4n) is 3.63. The first-order valence-corrected chi connectivity index (χ1v) is 11.9. The highest BCUT2D eigenvalue weighted by molar-refractivity contribution is 5.95. The van der Waals surface area contributed by atoms with E-state index in [4.69, 9.17) is 17.2 Å². The van der Waals surface area contributed by atoms with Crippen molar-refractivity contribution in [3.8, 4) is 0 Å². The number of nitrogens with two attached hydrogens (primary N) is 3. The van der Waals surface area contributed by atoms with Gasteiger partial charge in [-0.15, -0.1) is 0 Å². The molecule has 204 valence electrons. The number of guanidine groups is 1. The number of unbranched alkanes of at least 4 members (excludes halogenated alkanes) is 1. The van der Waals surface area contributed by atoms with Crippen molar-refractivity contribution < 1.29 is 34.2 Å². The standard InChI is InChI=1S/C21H38N8O7/c22-8-2-1-5-13(18(33)28-14(20(35)36)7-4-10-26-21(23)24)27-19(34)15(11-16(30)31)29-17(32)12-6-3-9-25-12/h12-15,25H,1-11,22H2,(H,27,34)(H,28,33)(H,29,32)(H,30,31)(H,35,36)(H4,23,24,26). The van der Waals surface area contributed by atoms with Gasteiger partial charge < -0.3 is 48.7 Å². The number of nitrogens with zero attached hydrogens (tertiary/aromatic N) is 1. The van der Waals surface area contributed by atoms with E-state index in [1.54, 1.807) is 0 Å². The second-order valence-corrected chi connectivity index (χ2v) is 8.50. The molecular formula is C21H38N8O7. The maximum Gasteiger partial charge on any atom is 0.326 e. The molecule has 0 aromatic rings. The molecule has 15 nitrogen and oxygen atoms in total. The van der Waals surface area contributed by atoms with E-state index in [-0.39, 0.29) is 31.8 Å². The second-order valence-electron chi connectivity index (χ2n) is 8.50. The van der Waals surface area contributed by atoms with Crippen molar-refractivity contribution in [2.24, 2.45) is 22.2 Å². The highest BCUT2D eigenvalue weighted by atomic mass is 16.4. The fourth-order valence-corrected chi connectivity index (χ4v) is 3.63. The number of nitrogens with one attached hydrogen (secondary N) is 4. The molecule has 36 heavy (non-hydrogen) atoms. The minimum atomic E-state index is -1.42. The van der Waals surface area contributed by atoms with Crippen molar-refractivity contribution in [2.75, 3.05) is 19.6 Å². The summed E-state index contributed by atoms with van der Waals surface area (Å²) < 4.78 is 0. The summed E-state index contributed by atoms with van der Waals surface area (Å²) in [6.45, 7) is 1.15. The van der Waals surface area contributed by atoms with Crippen LogP contribution in [-0.2, 0) is 24.0 Å². The lowest BCUT2D eigenvalue weighted by Gasteiger charge is -2.24. The van der Waals surface area contributed by atoms with E-state index >= 15 is 0 Å². The number of hydrogen-bond acceptors (Lipinski definition) is 8. The van der Waals surface area contributed by atoms with Crippen molar-refractivity contribution in [1.82, 2.24) is 21.3 Å². The lowest BCUT2D eigenvalue weighted by Crippen LogP contribution is -2.57. The van der Waals surface area contributed by atoms with Gasteiger partial charge in [0.25, 0.3) is 0 Å². The van der Waals surface area contributed by atoms with E-state index < -0.39 is 60.2 Å². The van der Waals surface area contributed by atoms with Crippen LogP contribution in [0.2, 0.25) is 0 Å². The quantitative estimate of drug-likeness (QED) is 0.0534. The van der Waals surface area contributed by atoms with Gasteiger partial charge in [-0.3, -0.25) is 24.2 Å². The number of aliphatic carboxylic acids is 2. The number of aliphatic imine (C=N–C) groups is 1. The maximum absolute atomic E-state index is 12.9. The van der Waals surface area contributed by atoms with Crippen LogP contribution < -0.4 is 38.5 Å². The Morgan fingerprint density at radius 2 is 1.56 bits per heavy atom. The average Bonchev–Trinajstić information content (AvgIpc) is 3.34. The molecule has 1 heterocycles. The number of carbonyl (C=O) groups is 5. The van der Waals surface area contributed by atoms with Gasteiger partial charge in [0.15, 0.2) is 5.96 Å². The van der Waals surface area contributed by atoms with Crippen molar-refractivity contribution in [2.45, 2.75) is 75.5 Å². The van der Waals surface area contributed by atoms with Gasteiger partial charge in [-0.2, -0.15) is 0 Å². The van der Waals surface area contributed by atoms with Crippen LogP contribution in [0.1, 0.15) is 51.4 Å². The molecule has 15 heteroatoms. The molecule has 1 aliphatic heterocycles. The zero-order valence-corrected chi connectivity index (χ0v) is 20.2. The Bertz CT molecular complexity index is 797. The highest BCUT2D eigenvalue weighted by Crippen LogP contribution is 2.08. The van der Waals surface area contributed by atoms with Crippen LogP contribution in [0.3, 0.4) is 0 Å². The first-order chi connectivity index (χ1) is 17.0. The predicted molar refractivity (Wildman–Crippen MR) is 130 cm³/mol. The van der Waals surface area contributed by atoms with Gasteiger partial charge in [0.2, 0.25) is 17.7 Å². The Hall–Kier alpha value is -3.46. The third-order valence-corrected chi connectivity index (χ3v) is 5.53. The van der Waals surface area contributed by atoms with E-state index in [2.05, 4.69) is 26.3 Å². The Morgan fingerprint density at radius 1 is 0.917 bits per heavy atom. The summed E-state index contributed by atoms with van der Waals surface area (Å²) in [5.74, 6) is -4.86. The van der Waals surface area contributed by atoms with E-state index in [9.17, 15) is 34.2 Å². The molecule has 4 unspecified atom stereocenters. The maximum atomic E-state index is 12.9. The first kappa shape index (κ1) is 30.6. The molecule has 1 rings (SSSR count). The van der Waals surface area contributed by atoms with Crippen molar-refractivity contribution in [3.63, 3.8) is 0 Å². The Balaban J connectivity index is 2.89. The monoisotopic (exact) mass is 514 g/mol. The summed E-state index contributed by atoms with van der Waals surface area (Å²) in [5, 5.41) is 28.9. The molecule has 12 N–H and O–H groups in total. The normalized spacial score (nSPS) is 17.3. The number of carboxylic acid groups (broad SMARTS) is 2. The summed E-state index contributed by atoms with van der Waals surface area (Å²) in [4.78, 5) is 64.9. The second kappa shape index (κ2) is 16.3. The third-order valence-electron chi connectivity index (χ3n) is 5.53. The Labute approximate surface area is 209 Å². The predicted octanol–water partition coefficient (Wildman–Crippen LogP) is -3.07. The number of carbonyl (C=O) groups excluding carboxylic acids is 3. The van der Waals surface area contributed by atoms with Gasteiger partial charge in [0.1, 0.15) is 18.1 Å². The zero-order chi connectivity index (χ0) is 27.1. The number of rotatable bonds is 17. The molecule has 3 amide bonds. The highest BCUT2D eigenvalue weighted by Gasteiger charge is 2.32. The van der Waals surface area contributed by atoms with Crippen molar-refractivity contribution >= 4 is 35.6 Å². The van der Waals surface area contributed by atoms with Crippen LogP contribution in [0.4, 0.5) is 0 Å². The van der Waals surface area contributed by atoms with Crippen LogP contribution in [0.25, 0.3) is 0 Å². The number of amides is 3. The molecular weight excluding hydrogens is 476 g/mol. The molecule has 0 spiro atoms. The number of carboxylic acids is 2. The first-order valence-electron chi connectivity index (χ1n) is 11.9. The van der Waals surface area contributed by atoms with Gasteiger partial charge >= 0.3 is 11.9 Å². The molecule has 1 saturated heterocycles. The molecule has 0 aromatic heterocycles. The van der Waals surface area contributed by atoms with Crippen LogP contribution >= 0.6 is 0 Å². The average molecular weight is 515 g/mol. The van der Waals surface area contributed by atoms with Crippen molar-refractivity contribution in [1.29, 1.82) is 0 Å². The minimum absolute atomic E-state index is 0.0351. The summed E-state index contributed by atoms with van der Waals surface area (Å²) in [5.41, 5.74) is 16.0. The smallest absolute Gasteiger partial charge is 0.326 e. The van der Waals surface area contributed by atoms with Gasteiger partial charge in [0.05, 0.1) is 12.5 Å². The van der Waals surface area contributed by atoms with Crippen LogP contribution in [-0.4, -0.2) is 89.6 Å². The van der Waals surface area contributed by atoms with E-state index in [0.29, 0.717) is 32.4 Å². The summed E-state index contributed by atoms with van der Waals surface area (Å²) in [6.07, 6.45) is 2.07. The fraction of sp³-hybridized carbons (Fsp3) is 0.714. The molecule has 0 aromatic carbocycles. The van der Waals surface area contributed by atoms with Gasteiger partial charge in [0, 0.05) is 6.54 Å². The minimum Gasteiger partial charge on any atom is -0.481 e. The molecule has 0 bridgehead atoms. The summed E-state index contributed by atoms with van der Waals surface area (Å²) in [7, 11) is 0. The largest absolute Gasteiger partial charge is 0.481 e. The van der Waals surface area contributed by atoms with Crippen molar-refractivity contribution in [3.05, 3.63) is 0 Å². The van der Waals surface area contributed by atoms with E-state index in [1.165, 1.54) is 0 Å². The summed E-state index contributed by atoms with van der Waals surface area (Å²) >= 11 is 0. The molecule has 4 atom stereocenters. The topological polar surface area (TPSA) is 264 Å². The molecule has 1 fully saturated rings. The lowest BCUT2D eigenvalue weighted by molar-refractivity contribution is -0.143. The van der Waals surface area contributed by atoms with Crippen LogP contribution in [0, 0.1) is 0 Å². The molecule has 1 aliphatic rings. The third kappa shape index (κ3) is 11.8. The molecule has 0 aliphatic carbocycles. The lowest BCUT2D eigenvalue weighted by atomic mass is 10.1. The zero-order valence-electron chi connectivity index (χ0n) is 20.2. The van der Waals surface area contributed by atoms with Gasteiger partial charge in [-0.05, 0) is 58.0 Å². The SMILES string of the molecule is NCCCCC(NC(=O)C(CC(=O)O)NC(=O)C1CCCN1)C(=O)NC(CCCN=C(N)N)C(=O)O. The van der Waals surface area contributed by atoms with Crippen LogP contribution in [0.5, 0.6) is 0 Å². The van der Waals surface area contributed by atoms with Gasteiger partial charge in [-0.25, -0.2) is 4.79 Å². The van der Waals surface area contributed by atoms with Crippen LogP contribution in [0.15, 0.2) is 4.99 Å². The van der Waals surface area contributed by atoms with Gasteiger partial charge in [-0.1, -0.05) is 0 Å².